The van der Waals surface area contributed by atoms with Crippen LogP contribution in [-0.4, -0.2) is 13.0 Å². The molecule has 0 N–H and O–H groups in total. The summed E-state index contributed by atoms with van der Waals surface area (Å²) in [5.74, 6) is 0. The molecule has 56 valence electrons. The van der Waals surface area contributed by atoms with Crippen LogP contribution in [0, 0.1) is 0 Å². The maximum atomic E-state index is 4.00. The van der Waals surface area contributed by atoms with Crippen LogP contribution < -0.4 is 5.30 Å². The van der Waals surface area contributed by atoms with Crippen LogP contribution in [-0.2, 0) is 0 Å². The summed E-state index contributed by atoms with van der Waals surface area (Å²) in [5, 5.41) is 1.34. The lowest BCUT2D eigenvalue weighted by Crippen LogP contribution is -1.93. The van der Waals surface area contributed by atoms with Crippen molar-refractivity contribution in [2.75, 3.05) is 6.66 Å². The van der Waals surface area contributed by atoms with Crippen molar-refractivity contribution in [2.45, 2.75) is 0 Å². The summed E-state index contributed by atoms with van der Waals surface area (Å²) in [6.07, 6.45) is 5.86. The molecule has 1 rings (SSSR count). The molecule has 1 heteroatoms. The molecule has 0 nitrogen and oxygen atoms in total. The molecule has 0 aliphatic heterocycles. The molecule has 0 bridgehead atoms. The molecule has 0 aromatic heterocycles. The second kappa shape index (κ2) is 3.50. The van der Waals surface area contributed by atoms with Crippen molar-refractivity contribution in [3.63, 3.8) is 0 Å². The summed E-state index contributed by atoms with van der Waals surface area (Å²) in [6, 6.07) is 8.39. The Balaban J connectivity index is 3.00. The highest BCUT2D eigenvalue weighted by atomic mass is 31.1. The maximum Gasteiger partial charge on any atom is 0.147 e. The quantitative estimate of drug-likeness (QED) is 0.587. The summed E-state index contributed by atoms with van der Waals surface area (Å²) in [5.41, 5.74) is 1.17. The van der Waals surface area contributed by atoms with Gasteiger partial charge in [-0.05, 0) is 17.7 Å². The van der Waals surface area contributed by atoms with E-state index in [0.717, 1.165) is 0 Å². The SMILES string of the molecule is C=Cc1ccc([P+](=C)C)cc1. The summed E-state index contributed by atoms with van der Waals surface area (Å²) < 4.78 is 0. The van der Waals surface area contributed by atoms with E-state index in [4.69, 9.17) is 0 Å². The van der Waals surface area contributed by atoms with E-state index in [1.165, 1.54) is 10.9 Å². The lowest BCUT2D eigenvalue weighted by atomic mass is 10.2. The number of hydrogen-bond donors (Lipinski definition) is 0. The lowest BCUT2D eigenvalue weighted by molar-refractivity contribution is 1.71. The van der Waals surface area contributed by atoms with Crippen molar-refractivity contribution in [3.05, 3.63) is 36.4 Å². The zero-order valence-electron chi connectivity index (χ0n) is 6.75. The van der Waals surface area contributed by atoms with Gasteiger partial charge in [0.25, 0.3) is 0 Å². The Morgan fingerprint density at radius 3 is 2.18 bits per heavy atom. The van der Waals surface area contributed by atoms with Crippen LogP contribution in [0.1, 0.15) is 5.56 Å². The van der Waals surface area contributed by atoms with Crippen molar-refractivity contribution >= 4 is 25.2 Å². The minimum Gasteiger partial charge on any atom is -0.0985 e. The van der Waals surface area contributed by atoms with Gasteiger partial charge >= 0.3 is 0 Å². The maximum absolute atomic E-state index is 4.00. The molecule has 1 atom stereocenters. The molecule has 0 saturated heterocycles. The molecule has 0 aliphatic rings. The fourth-order valence-corrected chi connectivity index (χ4v) is 1.52. The van der Waals surface area contributed by atoms with E-state index in [0.29, 0.717) is 0 Å². The van der Waals surface area contributed by atoms with Crippen LogP contribution in [0.25, 0.3) is 6.08 Å². The van der Waals surface area contributed by atoms with Crippen LogP contribution >= 0.6 is 7.55 Å². The third kappa shape index (κ3) is 2.03. The molecule has 0 amide bonds. The average molecular weight is 163 g/mol. The van der Waals surface area contributed by atoms with Crippen LogP contribution in [0.4, 0.5) is 0 Å². The zero-order valence-corrected chi connectivity index (χ0v) is 7.64. The Bertz CT molecular complexity index is 269. The molecule has 1 aromatic rings. The minimum absolute atomic E-state index is 0.197. The zero-order chi connectivity index (χ0) is 8.27. The average Bonchev–Trinajstić information content (AvgIpc) is 2.05. The number of hydrogen-bond acceptors (Lipinski definition) is 0. The summed E-state index contributed by atoms with van der Waals surface area (Å²) >= 11 is 0. The van der Waals surface area contributed by atoms with E-state index >= 15 is 0 Å². The molecule has 0 saturated carbocycles. The molecule has 0 fully saturated rings. The van der Waals surface area contributed by atoms with Gasteiger partial charge in [-0.3, -0.25) is 0 Å². The smallest absolute Gasteiger partial charge is 0.0985 e. The van der Waals surface area contributed by atoms with Gasteiger partial charge in [0, 0.05) is 0 Å². The van der Waals surface area contributed by atoms with Gasteiger partial charge in [0.05, 0.1) is 6.30 Å². The van der Waals surface area contributed by atoms with E-state index in [9.17, 15) is 0 Å². The first-order valence-electron chi connectivity index (χ1n) is 3.51. The lowest BCUT2D eigenvalue weighted by Gasteiger charge is -1.91. The number of rotatable bonds is 2. The Kier molecular flexibility index (Phi) is 2.62. The first kappa shape index (κ1) is 8.23. The van der Waals surface area contributed by atoms with Gasteiger partial charge in [-0.15, -0.1) is 0 Å². The standard InChI is InChI=1S/C10H12P/c1-4-9-5-7-10(8-6-9)11(2)3/h4-8H,1-2H2,3H3/q+1. The Hall–Kier alpha value is -0.870. The van der Waals surface area contributed by atoms with Gasteiger partial charge in [0.15, 0.2) is 0 Å². The van der Waals surface area contributed by atoms with Crippen LogP contribution in [0.2, 0.25) is 0 Å². The highest BCUT2D eigenvalue weighted by Crippen LogP contribution is 2.12. The van der Waals surface area contributed by atoms with Crippen molar-refractivity contribution < 1.29 is 0 Å². The highest BCUT2D eigenvalue weighted by molar-refractivity contribution is 7.62. The Labute approximate surface area is 69.0 Å². The van der Waals surface area contributed by atoms with Crippen LogP contribution in [0.5, 0.6) is 0 Å². The molecular weight excluding hydrogens is 151 g/mol. The van der Waals surface area contributed by atoms with Gasteiger partial charge in [-0.2, -0.15) is 0 Å². The molecule has 11 heavy (non-hydrogen) atoms. The van der Waals surface area contributed by atoms with E-state index in [2.05, 4.69) is 43.8 Å². The van der Waals surface area contributed by atoms with Gasteiger partial charge in [-0.1, -0.05) is 24.8 Å². The monoisotopic (exact) mass is 163 g/mol. The third-order valence-corrected chi connectivity index (χ3v) is 2.75. The van der Waals surface area contributed by atoms with Gasteiger partial charge < -0.3 is 0 Å². The fraction of sp³-hybridized carbons (Fsp3) is 0.100. The molecule has 1 aromatic carbocycles. The largest absolute Gasteiger partial charge is 0.147 e. The van der Waals surface area contributed by atoms with E-state index in [1.54, 1.807) is 0 Å². The van der Waals surface area contributed by atoms with E-state index < -0.39 is 0 Å². The third-order valence-electron chi connectivity index (χ3n) is 1.57. The highest BCUT2D eigenvalue weighted by Gasteiger charge is 2.00. The Morgan fingerprint density at radius 1 is 1.27 bits per heavy atom. The van der Waals surface area contributed by atoms with Crippen LogP contribution in [0.15, 0.2) is 30.8 Å². The minimum atomic E-state index is -0.197. The second-order valence-electron chi connectivity index (χ2n) is 2.49. The summed E-state index contributed by atoms with van der Waals surface area (Å²) in [6.45, 7) is 5.85. The molecule has 0 aliphatic carbocycles. The van der Waals surface area contributed by atoms with Gasteiger partial charge in [0.1, 0.15) is 19.5 Å². The predicted molar refractivity (Wildman–Crippen MR) is 56.1 cm³/mol. The second-order valence-corrected chi connectivity index (χ2v) is 4.41. The first-order chi connectivity index (χ1) is 5.24. The molecule has 0 heterocycles. The molecule has 0 spiro atoms. The topological polar surface area (TPSA) is 0 Å². The number of benzene rings is 1. The summed E-state index contributed by atoms with van der Waals surface area (Å²) in [7, 11) is -0.197. The van der Waals surface area contributed by atoms with Crippen molar-refractivity contribution in [1.29, 1.82) is 0 Å². The molecule has 1 unspecified atom stereocenters. The first-order valence-corrected chi connectivity index (χ1v) is 5.48. The predicted octanol–water partition coefficient (Wildman–Crippen LogP) is 2.50. The van der Waals surface area contributed by atoms with Gasteiger partial charge in [-0.25, -0.2) is 0 Å². The molecule has 0 radical (unpaired) electrons. The Morgan fingerprint density at radius 2 is 1.82 bits per heavy atom. The van der Waals surface area contributed by atoms with Gasteiger partial charge in [0.2, 0.25) is 0 Å². The van der Waals surface area contributed by atoms with Crippen molar-refractivity contribution in [1.82, 2.24) is 0 Å². The fourth-order valence-electron chi connectivity index (χ4n) is 0.865. The van der Waals surface area contributed by atoms with Crippen molar-refractivity contribution in [2.24, 2.45) is 0 Å². The summed E-state index contributed by atoms with van der Waals surface area (Å²) in [4.78, 5) is 0. The van der Waals surface area contributed by atoms with Crippen molar-refractivity contribution in [3.8, 4) is 0 Å². The van der Waals surface area contributed by atoms with Crippen LogP contribution in [0.3, 0.4) is 0 Å². The normalized spacial score (nSPS) is 10.8. The van der Waals surface area contributed by atoms with E-state index in [1.807, 2.05) is 6.08 Å². The molecular formula is C10H12P+. The van der Waals surface area contributed by atoms with E-state index in [-0.39, 0.29) is 7.55 Å².